The van der Waals surface area contributed by atoms with E-state index in [1.165, 1.54) is 0 Å². The van der Waals surface area contributed by atoms with E-state index >= 15 is 0 Å². The number of hydrazone groups is 1. The van der Waals surface area contributed by atoms with Crippen molar-refractivity contribution < 1.29 is 4.79 Å². The minimum Gasteiger partial charge on any atom is -0.271 e. The van der Waals surface area contributed by atoms with Gasteiger partial charge in [0.2, 0.25) is 0 Å². The van der Waals surface area contributed by atoms with Crippen LogP contribution in [0.3, 0.4) is 0 Å². The van der Waals surface area contributed by atoms with Gasteiger partial charge in [-0.1, -0.05) is 66.2 Å². The van der Waals surface area contributed by atoms with Crippen molar-refractivity contribution >= 4 is 34.5 Å². The number of fused-ring (bicyclic) bond motifs is 1. The Bertz CT molecular complexity index is 982. The van der Waals surface area contributed by atoms with Crippen molar-refractivity contribution in [1.82, 2.24) is 16.3 Å². The maximum Gasteiger partial charge on any atom is 0.258 e. The van der Waals surface area contributed by atoms with E-state index in [9.17, 15) is 4.79 Å². The van der Waals surface area contributed by atoms with Crippen molar-refractivity contribution in [3.63, 3.8) is 0 Å². The van der Waals surface area contributed by atoms with Gasteiger partial charge in [0, 0.05) is 16.6 Å². The van der Waals surface area contributed by atoms with Crippen LogP contribution in [-0.4, -0.2) is 18.2 Å². The number of hydrogen-bond acceptors (Lipinski definition) is 4. The zero-order valence-electron chi connectivity index (χ0n) is 14.5. The normalized spacial score (nSPS) is 19.6. The molecule has 4 rings (SSSR count). The molecule has 0 aliphatic carbocycles. The van der Waals surface area contributed by atoms with Gasteiger partial charge in [0.05, 0.1) is 6.21 Å². The average molecular weight is 379 g/mol. The number of nitrogens with one attached hydrogen (secondary N) is 3. The quantitative estimate of drug-likeness (QED) is 0.480. The second-order valence-corrected chi connectivity index (χ2v) is 6.92. The summed E-state index contributed by atoms with van der Waals surface area (Å²) < 4.78 is 0. The van der Waals surface area contributed by atoms with Crippen LogP contribution in [-0.2, 0) is 4.79 Å². The number of hydrazine groups is 1. The maximum absolute atomic E-state index is 12.4. The third kappa shape index (κ3) is 4.01. The van der Waals surface area contributed by atoms with Crippen molar-refractivity contribution in [2.24, 2.45) is 5.10 Å². The van der Waals surface area contributed by atoms with Crippen molar-refractivity contribution in [1.29, 1.82) is 0 Å². The number of carbonyl (C=O) groups is 1. The second kappa shape index (κ2) is 7.88. The van der Waals surface area contributed by atoms with Gasteiger partial charge in [0.15, 0.2) is 0 Å². The lowest BCUT2D eigenvalue weighted by molar-refractivity contribution is -0.122. The van der Waals surface area contributed by atoms with E-state index in [1.54, 1.807) is 6.21 Å². The first-order chi connectivity index (χ1) is 13.2. The molecule has 3 N–H and O–H groups in total. The Balaban J connectivity index is 1.38. The standard InChI is InChI=1S/C21H19ClN4O/c22-17-10-8-15(9-11-17)19-12-20(25-24-19)21(27)26-23-13-16-6-3-5-14-4-1-2-7-18(14)16/h1-11,13,19-20,24-25H,12H2,(H,26,27)/b23-13+. The molecule has 2 atom stereocenters. The first-order valence-corrected chi connectivity index (χ1v) is 9.16. The summed E-state index contributed by atoms with van der Waals surface area (Å²) in [5.74, 6) is -0.171. The van der Waals surface area contributed by atoms with Crippen LogP contribution < -0.4 is 16.3 Å². The molecule has 0 bridgehead atoms. The van der Waals surface area contributed by atoms with Crippen LogP contribution in [0.15, 0.2) is 71.8 Å². The number of amides is 1. The summed E-state index contributed by atoms with van der Waals surface area (Å²) in [4.78, 5) is 12.4. The molecule has 27 heavy (non-hydrogen) atoms. The lowest BCUT2D eigenvalue weighted by atomic mass is 10.0. The number of nitrogens with zero attached hydrogens (tertiary/aromatic N) is 1. The highest BCUT2D eigenvalue weighted by atomic mass is 35.5. The van der Waals surface area contributed by atoms with Crippen LogP contribution in [0, 0.1) is 0 Å². The fraction of sp³-hybridized carbons (Fsp3) is 0.143. The predicted octanol–water partition coefficient (Wildman–Crippen LogP) is 3.55. The van der Waals surface area contributed by atoms with Gasteiger partial charge in [-0.2, -0.15) is 5.10 Å². The molecule has 3 aromatic rings. The summed E-state index contributed by atoms with van der Waals surface area (Å²) in [6, 6.07) is 21.4. The lowest BCUT2D eigenvalue weighted by Crippen LogP contribution is -2.41. The van der Waals surface area contributed by atoms with E-state index < -0.39 is 0 Å². The fourth-order valence-corrected chi connectivity index (χ4v) is 3.37. The number of carbonyl (C=O) groups excluding carboxylic acids is 1. The summed E-state index contributed by atoms with van der Waals surface area (Å²) >= 11 is 5.93. The molecular formula is C21H19ClN4O. The summed E-state index contributed by atoms with van der Waals surface area (Å²) in [7, 11) is 0. The van der Waals surface area contributed by atoms with Crippen LogP contribution >= 0.6 is 11.6 Å². The Morgan fingerprint density at radius 3 is 2.67 bits per heavy atom. The zero-order chi connectivity index (χ0) is 18.6. The molecule has 0 radical (unpaired) electrons. The molecule has 1 aliphatic heterocycles. The Labute approximate surface area is 162 Å². The molecule has 5 nitrogen and oxygen atoms in total. The minimum absolute atomic E-state index is 0.0556. The molecule has 3 aromatic carbocycles. The molecule has 1 fully saturated rings. The van der Waals surface area contributed by atoms with Gasteiger partial charge < -0.3 is 0 Å². The van der Waals surface area contributed by atoms with Crippen LogP contribution in [0.1, 0.15) is 23.6 Å². The highest BCUT2D eigenvalue weighted by Crippen LogP contribution is 2.23. The molecule has 0 spiro atoms. The Kier molecular flexibility index (Phi) is 5.16. The van der Waals surface area contributed by atoms with Gasteiger partial charge in [-0.15, -0.1) is 0 Å². The largest absolute Gasteiger partial charge is 0.271 e. The molecule has 6 heteroatoms. The molecule has 1 amide bonds. The number of halogens is 1. The number of hydrogen-bond donors (Lipinski definition) is 3. The summed E-state index contributed by atoms with van der Waals surface area (Å²) in [5, 5.41) is 7.07. The van der Waals surface area contributed by atoms with Gasteiger partial charge >= 0.3 is 0 Å². The van der Waals surface area contributed by atoms with E-state index in [0.717, 1.165) is 21.9 Å². The van der Waals surface area contributed by atoms with Crippen LogP contribution in [0.4, 0.5) is 0 Å². The maximum atomic E-state index is 12.4. The molecule has 0 saturated carbocycles. The van der Waals surface area contributed by atoms with Crippen LogP contribution in [0.2, 0.25) is 5.02 Å². The molecular weight excluding hydrogens is 360 g/mol. The smallest absolute Gasteiger partial charge is 0.258 e. The third-order valence-electron chi connectivity index (χ3n) is 4.69. The highest BCUT2D eigenvalue weighted by Gasteiger charge is 2.29. The second-order valence-electron chi connectivity index (χ2n) is 6.48. The molecule has 2 unspecified atom stereocenters. The van der Waals surface area contributed by atoms with E-state index in [4.69, 9.17) is 11.6 Å². The van der Waals surface area contributed by atoms with Gasteiger partial charge in [-0.05, 0) is 34.9 Å². The Morgan fingerprint density at radius 2 is 1.81 bits per heavy atom. The zero-order valence-corrected chi connectivity index (χ0v) is 15.3. The molecule has 1 aliphatic rings. The summed E-state index contributed by atoms with van der Waals surface area (Å²) in [5.41, 5.74) is 10.9. The lowest BCUT2D eigenvalue weighted by Gasteiger charge is -2.09. The third-order valence-corrected chi connectivity index (χ3v) is 4.95. The van der Waals surface area contributed by atoms with E-state index in [1.807, 2.05) is 54.6 Å². The van der Waals surface area contributed by atoms with Crippen molar-refractivity contribution in [3.8, 4) is 0 Å². The van der Waals surface area contributed by atoms with Gasteiger partial charge in [-0.25, -0.2) is 16.3 Å². The van der Waals surface area contributed by atoms with Crippen molar-refractivity contribution in [2.75, 3.05) is 0 Å². The highest BCUT2D eigenvalue weighted by molar-refractivity contribution is 6.30. The fourth-order valence-electron chi connectivity index (χ4n) is 3.25. The minimum atomic E-state index is -0.352. The Hall–Kier alpha value is -2.73. The average Bonchev–Trinajstić information content (AvgIpc) is 3.19. The van der Waals surface area contributed by atoms with E-state index in [-0.39, 0.29) is 18.0 Å². The topological polar surface area (TPSA) is 65.5 Å². The monoisotopic (exact) mass is 378 g/mol. The van der Waals surface area contributed by atoms with E-state index in [2.05, 4.69) is 33.5 Å². The Morgan fingerprint density at radius 1 is 1.04 bits per heavy atom. The van der Waals surface area contributed by atoms with Crippen LogP contribution in [0.25, 0.3) is 10.8 Å². The van der Waals surface area contributed by atoms with Crippen molar-refractivity contribution in [2.45, 2.75) is 18.5 Å². The van der Waals surface area contributed by atoms with E-state index in [0.29, 0.717) is 11.4 Å². The number of benzene rings is 3. The summed E-state index contributed by atoms with van der Waals surface area (Å²) in [6.07, 6.45) is 2.32. The van der Waals surface area contributed by atoms with Crippen LogP contribution in [0.5, 0.6) is 0 Å². The first kappa shape index (κ1) is 17.7. The molecule has 0 aromatic heterocycles. The van der Waals surface area contributed by atoms with Gasteiger partial charge in [0.25, 0.3) is 5.91 Å². The summed E-state index contributed by atoms with van der Waals surface area (Å²) in [6.45, 7) is 0. The first-order valence-electron chi connectivity index (χ1n) is 8.78. The van der Waals surface area contributed by atoms with Crippen molar-refractivity contribution in [3.05, 3.63) is 82.9 Å². The predicted molar refractivity (Wildman–Crippen MR) is 109 cm³/mol. The SMILES string of the molecule is O=C(N/N=C/c1cccc2ccccc12)C1CC(c2ccc(Cl)cc2)NN1. The van der Waals surface area contributed by atoms with Gasteiger partial charge in [-0.3, -0.25) is 4.79 Å². The number of rotatable bonds is 4. The molecule has 1 saturated heterocycles. The molecule has 136 valence electrons. The molecule has 1 heterocycles. The van der Waals surface area contributed by atoms with Gasteiger partial charge in [0.1, 0.15) is 6.04 Å².